The molecule has 0 unspecified atom stereocenters. The molecule has 0 aliphatic carbocycles. The summed E-state index contributed by atoms with van der Waals surface area (Å²) >= 11 is 6.08. The van der Waals surface area contributed by atoms with Gasteiger partial charge < -0.3 is 4.98 Å². The van der Waals surface area contributed by atoms with Crippen LogP contribution in [0.25, 0.3) is 0 Å². The molecule has 0 aliphatic heterocycles. The molecular weight excluding hydrogens is 312 g/mol. The van der Waals surface area contributed by atoms with Crippen LogP contribution in [-0.2, 0) is 5.33 Å². The van der Waals surface area contributed by atoms with Crippen LogP contribution in [-0.4, -0.2) is 4.98 Å². The minimum atomic E-state index is -2.77. The number of hydrogen-bond donors (Lipinski definition) is 1. The average Bonchev–Trinajstić information content (AvgIpc) is 2.04. The number of rotatable bonds is 2. The fraction of sp³-hybridized carbons (Fsp3) is 0.286. The summed E-state index contributed by atoms with van der Waals surface area (Å²) in [6.07, 6.45) is -1.37. The van der Waals surface area contributed by atoms with E-state index in [4.69, 9.17) is 0 Å². The Kier molecular flexibility index (Phi) is 3.61. The first-order valence-corrected chi connectivity index (χ1v) is 5.23. The summed E-state index contributed by atoms with van der Waals surface area (Å²) in [6, 6.07) is 0. The number of halogens is 4. The van der Waals surface area contributed by atoms with E-state index in [0.29, 0.717) is 10.9 Å². The van der Waals surface area contributed by atoms with Crippen LogP contribution in [0.15, 0.2) is 15.5 Å². The van der Waals surface area contributed by atoms with E-state index in [1.807, 2.05) is 0 Å². The lowest BCUT2D eigenvalue weighted by Gasteiger charge is -2.05. The Bertz CT molecular complexity index is 364. The lowest BCUT2D eigenvalue weighted by atomic mass is 10.2. The van der Waals surface area contributed by atoms with Gasteiger partial charge in [-0.3, -0.25) is 4.79 Å². The van der Waals surface area contributed by atoms with Gasteiger partial charge in [-0.1, -0.05) is 15.9 Å². The van der Waals surface area contributed by atoms with E-state index in [-0.39, 0.29) is 4.47 Å². The van der Waals surface area contributed by atoms with Crippen molar-refractivity contribution in [2.45, 2.75) is 11.8 Å². The monoisotopic (exact) mass is 315 g/mol. The molecule has 0 saturated heterocycles. The first kappa shape index (κ1) is 10.8. The molecule has 0 atom stereocenters. The van der Waals surface area contributed by atoms with Crippen molar-refractivity contribution in [3.63, 3.8) is 0 Å². The molecule has 1 aromatic heterocycles. The highest BCUT2D eigenvalue weighted by molar-refractivity contribution is 9.10. The molecule has 0 aliphatic rings. The molecule has 13 heavy (non-hydrogen) atoms. The summed E-state index contributed by atoms with van der Waals surface area (Å²) in [4.78, 5) is 13.2. The van der Waals surface area contributed by atoms with Crippen LogP contribution in [0.1, 0.15) is 17.6 Å². The van der Waals surface area contributed by atoms with Gasteiger partial charge in [0.15, 0.2) is 0 Å². The van der Waals surface area contributed by atoms with Gasteiger partial charge in [0.1, 0.15) is 0 Å². The Morgan fingerprint density at radius 1 is 1.54 bits per heavy atom. The van der Waals surface area contributed by atoms with Crippen LogP contribution in [0.5, 0.6) is 0 Å². The van der Waals surface area contributed by atoms with Gasteiger partial charge in [0.25, 0.3) is 12.0 Å². The molecule has 6 heteroatoms. The van der Waals surface area contributed by atoms with Crippen LogP contribution in [0.4, 0.5) is 8.78 Å². The Morgan fingerprint density at radius 2 is 2.15 bits per heavy atom. The number of nitrogens with one attached hydrogen (secondary N) is 1. The van der Waals surface area contributed by atoms with E-state index in [1.165, 1.54) is 6.20 Å². The third kappa shape index (κ3) is 2.17. The predicted molar refractivity (Wildman–Crippen MR) is 52.4 cm³/mol. The zero-order valence-corrected chi connectivity index (χ0v) is 9.45. The predicted octanol–water partition coefficient (Wildman–Crippen LogP) is 2.97. The minimum absolute atomic E-state index is 0.170. The molecular formula is C7H5Br2F2NO. The van der Waals surface area contributed by atoms with Gasteiger partial charge in [-0.05, 0) is 21.5 Å². The summed E-state index contributed by atoms with van der Waals surface area (Å²) in [6.45, 7) is 0. The Labute approximate surface area is 89.6 Å². The van der Waals surface area contributed by atoms with Crippen molar-refractivity contribution in [2.24, 2.45) is 0 Å². The highest BCUT2D eigenvalue weighted by atomic mass is 79.9. The van der Waals surface area contributed by atoms with Gasteiger partial charge in [-0.15, -0.1) is 0 Å². The maximum absolute atomic E-state index is 12.3. The summed E-state index contributed by atoms with van der Waals surface area (Å²) in [5.41, 5.74) is -0.682. The second kappa shape index (κ2) is 4.32. The van der Waals surface area contributed by atoms with E-state index < -0.39 is 17.5 Å². The SMILES string of the molecule is O=c1[nH]cc(CBr)c(Br)c1C(F)F. The van der Waals surface area contributed by atoms with Crippen molar-refractivity contribution >= 4 is 31.9 Å². The summed E-state index contributed by atoms with van der Waals surface area (Å²) in [5.74, 6) is 0. The van der Waals surface area contributed by atoms with Gasteiger partial charge >= 0.3 is 0 Å². The van der Waals surface area contributed by atoms with Crippen molar-refractivity contribution in [3.8, 4) is 0 Å². The normalized spacial score (nSPS) is 10.8. The third-order valence-corrected chi connectivity index (χ3v) is 3.04. The first-order chi connectivity index (χ1) is 6.07. The Hall–Kier alpha value is -0.230. The Balaban J connectivity index is 3.39. The first-order valence-electron chi connectivity index (χ1n) is 3.32. The van der Waals surface area contributed by atoms with Gasteiger partial charge in [0.2, 0.25) is 0 Å². The van der Waals surface area contributed by atoms with Crippen LogP contribution in [0.3, 0.4) is 0 Å². The summed E-state index contributed by atoms with van der Waals surface area (Å²) in [7, 11) is 0. The van der Waals surface area contributed by atoms with E-state index >= 15 is 0 Å². The quantitative estimate of drug-likeness (QED) is 0.836. The number of hydrogen-bond acceptors (Lipinski definition) is 1. The van der Waals surface area contributed by atoms with Crippen molar-refractivity contribution in [1.82, 2.24) is 4.98 Å². The standard InChI is InChI=1S/C7H5Br2F2NO/c8-1-3-2-12-7(13)4(5(3)9)6(10)11/h2,6H,1H2,(H,12,13). The zero-order valence-electron chi connectivity index (χ0n) is 6.28. The molecule has 1 N–H and O–H groups in total. The van der Waals surface area contributed by atoms with Gasteiger partial charge in [-0.25, -0.2) is 8.78 Å². The van der Waals surface area contributed by atoms with Crippen LogP contribution >= 0.6 is 31.9 Å². The average molecular weight is 317 g/mol. The zero-order chi connectivity index (χ0) is 10.0. The molecule has 0 fully saturated rings. The van der Waals surface area contributed by atoms with Crippen LogP contribution < -0.4 is 5.56 Å². The Morgan fingerprint density at radius 3 is 2.62 bits per heavy atom. The van der Waals surface area contributed by atoms with E-state index in [9.17, 15) is 13.6 Å². The highest BCUT2D eigenvalue weighted by Crippen LogP contribution is 2.27. The number of pyridine rings is 1. The summed E-state index contributed by atoms with van der Waals surface area (Å²) < 4.78 is 24.8. The van der Waals surface area contributed by atoms with Crippen molar-refractivity contribution in [3.05, 3.63) is 32.2 Å². The number of aromatic nitrogens is 1. The molecule has 0 aromatic carbocycles. The molecule has 1 heterocycles. The molecule has 1 rings (SSSR count). The number of aromatic amines is 1. The number of H-pyrrole nitrogens is 1. The lowest BCUT2D eigenvalue weighted by molar-refractivity contribution is 0.148. The van der Waals surface area contributed by atoms with Gasteiger partial charge in [0.05, 0.1) is 5.56 Å². The minimum Gasteiger partial charge on any atom is -0.328 e. The molecule has 2 nitrogen and oxygen atoms in total. The van der Waals surface area contributed by atoms with Gasteiger partial charge in [-0.2, -0.15) is 0 Å². The molecule has 0 amide bonds. The fourth-order valence-electron chi connectivity index (χ4n) is 0.859. The van der Waals surface area contributed by atoms with Crippen molar-refractivity contribution < 1.29 is 8.78 Å². The van der Waals surface area contributed by atoms with E-state index in [0.717, 1.165) is 0 Å². The maximum Gasteiger partial charge on any atom is 0.270 e. The van der Waals surface area contributed by atoms with E-state index in [1.54, 1.807) is 0 Å². The molecule has 0 radical (unpaired) electrons. The molecule has 0 saturated carbocycles. The van der Waals surface area contributed by atoms with E-state index in [2.05, 4.69) is 36.8 Å². The largest absolute Gasteiger partial charge is 0.328 e. The lowest BCUT2D eigenvalue weighted by Crippen LogP contribution is -2.14. The highest BCUT2D eigenvalue weighted by Gasteiger charge is 2.18. The maximum atomic E-state index is 12.3. The number of alkyl halides is 3. The van der Waals surface area contributed by atoms with Crippen molar-refractivity contribution in [2.75, 3.05) is 0 Å². The third-order valence-electron chi connectivity index (χ3n) is 1.50. The second-order valence-electron chi connectivity index (χ2n) is 2.31. The van der Waals surface area contributed by atoms with Crippen LogP contribution in [0, 0.1) is 0 Å². The van der Waals surface area contributed by atoms with Gasteiger partial charge in [0, 0.05) is 16.0 Å². The summed E-state index contributed by atoms with van der Waals surface area (Å²) in [5, 5.41) is 0.407. The van der Waals surface area contributed by atoms with Crippen LogP contribution in [0.2, 0.25) is 0 Å². The molecule has 1 aromatic rings. The molecule has 72 valence electrons. The molecule has 0 bridgehead atoms. The smallest absolute Gasteiger partial charge is 0.270 e. The fourth-order valence-corrected chi connectivity index (χ4v) is 2.28. The topological polar surface area (TPSA) is 32.9 Å². The molecule has 0 spiro atoms. The second-order valence-corrected chi connectivity index (χ2v) is 3.66. The van der Waals surface area contributed by atoms with Crippen molar-refractivity contribution in [1.29, 1.82) is 0 Å².